The van der Waals surface area contributed by atoms with Crippen molar-refractivity contribution in [3.63, 3.8) is 0 Å². The summed E-state index contributed by atoms with van der Waals surface area (Å²) < 4.78 is 64.9. The minimum absolute atomic E-state index is 0.0906. The van der Waals surface area contributed by atoms with Crippen molar-refractivity contribution in [3.05, 3.63) is 64.3 Å². The first-order chi connectivity index (χ1) is 12.5. The second-order valence-electron chi connectivity index (χ2n) is 6.05. The maximum absolute atomic E-state index is 13.2. The van der Waals surface area contributed by atoms with Gasteiger partial charge in [-0.05, 0) is 48.9 Å². The summed E-state index contributed by atoms with van der Waals surface area (Å²) in [5, 5.41) is 3.73. The Balaban J connectivity index is 2.19. The van der Waals surface area contributed by atoms with Crippen LogP contribution in [0.4, 0.5) is 13.2 Å². The fraction of sp³-hybridized carbons (Fsp3) is 0.167. The number of rotatable bonds is 3. The first kappa shape index (κ1) is 19.6. The molecule has 2 aromatic carbocycles. The zero-order valence-electron chi connectivity index (χ0n) is 14.2. The van der Waals surface area contributed by atoms with Crippen molar-refractivity contribution in [2.24, 2.45) is 0 Å². The third kappa shape index (κ3) is 4.08. The molecule has 0 aliphatic heterocycles. The van der Waals surface area contributed by atoms with Crippen molar-refractivity contribution in [1.82, 2.24) is 9.78 Å². The predicted molar refractivity (Wildman–Crippen MR) is 99.5 cm³/mol. The summed E-state index contributed by atoms with van der Waals surface area (Å²) in [6.07, 6.45) is -3.53. The summed E-state index contributed by atoms with van der Waals surface area (Å²) in [4.78, 5) is 0.0906. The second-order valence-corrected chi connectivity index (χ2v) is 8.92. The lowest BCUT2D eigenvalue weighted by atomic mass is 10.1. The lowest BCUT2D eigenvalue weighted by Crippen LogP contribution is -2.07. The molecule has 142 valence electrons. The number of hydrogen-bond acceptors (Lipinski definition) is 3. The van der Waals surface area contributed by atoms with Gasteiger partial charge < -0.3 is 0 Å². The molecule has 4 nitrogen and oxygen atoms in total. The molecule has 0 fully saturated rings. The van der Waals surface area contributed by atoms with Crippen molar-refractivity contribution < 1.29 is 21.6 Å². The highest BCUT2D eigenvalue weighted by Crippen LogP contribution is 2.34. The minimum Gasteiger partial charge on any atom is -0.232 e. The molecule has 0 spiro atoms. The Morgan fingerprint density at radius 3 is 2.19 bits per heavy atom. The molecular formula is C18H14BrF3N2O2S. The molecule has 0 amide bonds. The molecule has 3 aromatic rings. The Kier molecular flexibility index (Phi) is 4.94. The van der Waals surface area contributed by atoms with Gasteiger partial charge in [0.05, 0.1) is 16.3 Å². The van der Waals surface area contributed by atoms with Crippen molar-refractivity contribution >= 4 is 25.8 Å². The molecule has 0 saturated carbocycles. The van der Waals surface area contributed by atoms with E-state index in [4.69, 9.17) is 0 Å². The Bertz CT molecular complexity index is 1100. The van der Waals surface area contributed by atoms with Gasteiger partial charge in [-0.15, -0.1) is 0 Å². The molecule has 9 heteroatoms. The van der Waals surface area contributed by atoms with Crippen molar-refractivity contribution in [1.29, 1.82) is 0 Å². The first-order valence-corrected chi connectivity index (χ1v) is 10.4. The number of aromatic nitrogens is 2. The predicted octanol–water partition coefficient (Wildman–Crippen LogP) is 5.03. The molecular weight excluding hydrogens is 445 g/mol. The van der Waals surface area contributed by atoms with Crippen LogP contribution in [0.15, 0.2) is 57.9 Å². The molecule has 0 bridgehead atoms. The summed E-state index contributed by atoms with van der Waals surface area (Å²) >= 11 is 3.36. The van der Waals surface area contributed by atoms with E-state index in [0.29, 0.717) is 11.3 Å². The van der Waals surface area contributed by atoms with Gasteiger partial charge in [-0.1, -0.05) is 28.1 Å². The maximum atomic E-state index is 13.2. The van der Waals surface area contributed by atoms with Gasteiger partial charge in [0.25, 0.3) is 0 Å². The van der Waals surface area contributed by atoms with Crippen LogP contribution in [0.2, 0.25) is 0 Å². The Morgan fingerprint density at radius 2 is 1.67 bits per heavy atom. The van der Waals surface area contributed by atoms with Crippen LogP contribution in [-0.4, -0.2) is 24.5 Å². The highest BCUT2D eigenvalue weighted by Gasteiger charge is 2.35. The third-order valence-corrected chi connectivity index (χ3v) is 5.98. The standard InChI is InChI=1S/C18H14BrF3N2O2S/c1-11-9-13(5-8-15(11)19)24-16(10-17(23-24)18(20,21)22)12-3-6-14(7-4-12)27(2,25)26/h3-10H,1-2H3. The molecule has 0 aliphatic rings. The number of benzene rings is 2. The smallest absolute Gasteiger partial charge is 0.232 e. The number of sulfone groups is 1. The summed E-state index contributed by atoms with van der Waals surface area (Å²) in [7, 11) is -3.40. The summed E-state index contributed by atoms with van der Waals surface area (Å²) in [5.41, 5.74) is 0.920. The van der Waals surface area contributed by atoms with E-state index in [1.807, 2.05) is 6.92 Å². The van der Waals surface area contributed by atoms with E-state index in [1.54, 1.807) is 18.2 Å². The van der Waals surface area contributed by atoms with Gasteiger partial charge in [0.2, 0.25) is 0 Å². The maximum Gasteiger partial charge on any atom is 0.435 e. The average molecular weight is 459 g/mol. The Morgan fingerprint density at radius 1 is 1.04 bits per heavy atom. The summed E-state index contributed by atoms with van der Waals surface area (Å²) in [6, 6.07) is 11.7. The summed E-state index contributed by atoms with van der Waals surface area (Å²) in [6.45, 7) is 1.82. The number of hydrogen-bond donors (Lipinski definition) is 0. The van der Waals surface area contributed by atoms with Crippen LogP contribution in [0.3, 0.4) is 0 Å². The number of halogens is 4. The molecule has 1 aromatic heterocycles. The monoisotopic (exact) mass is 458 g/mol. The summed E-state index contributed by atoms with van der Waals surface area (Å²) in [5.74, 6) is 0. The normalized spacial score (nSPS) is 12.4. The van der Waals surface area contributed by atoms with Crippen LogP contribution >= 0.6 is 15.9 Å². The van der Waals surface area contributed by atoms with Crippen LogP contribution < -0.4 is 0 Å². The number of alkyl halides is 3. The zero-order chi connectivity index (χ0) is 20.0. The zero-order valence-corrected chi connectivity index (χ0v) is 16.7. The molecule has 0 radical (unpaired) electrons. The first-order valence-electron chi connectivity index (χ1n) is 7.71. The SMILES string of the molecule is Cc1cc(-n2nc(C(F)(F)F)cc2-c2ccc(S(C)(=O)=O)cc2)ccc1Br. The lowest BCUT2D eigenvalue weighted by molar-refractivity contribution is -0.141. The highest BCUT2D eigenvalue weighted by atomic mass is 79.9. The van der Waals surface area contributed by atoms with Crippen LogP contribution in [0.5, 0.6) is 0 Å². The van der Waals surface area contributed by atoms with E-state index in [9.17, 15) is 21.6 Å². The molecule has 0 unspecified atom stereocenters. The lowest BCUT2D eigenvalue weighted by Gasteiger charge is -2.10. The van der Waals surface area contributed by atoms with Gasteiger partial charge in [-0.2, -0.15) is 18.3 Å². The Labute approximate surface area is 162 Å². The number of aryl methyl sites for hydroxylation is 1. The minimum atomic E-state index is -4.60. The molecule has 0 saturated heterocycles. The highest BCUT2D eigenvalue weighted by molar-refractivity contribution is 9.10. The number of nitrogens with zero attached hydrogens (tertiary/aromatic N) is 2. The molecule has 0 N–H and O–H groups in total. The van der Waals surface area contributed by atoms with Crippen molar-refractivity contribution in [3.8, 4) is 16.9 Å². The quantitative estimate of drug-likeness (QED) is 0.552. The van der Waals surface area contributed by atoms with Gasteiger partial charge in [0.15, 0.2) is 15.5 Å². The van der Waals surface area contributed by atoms with Gasteiger partial charge in [0.1, 0.15) is 0 Å². The fourth-order valence-electron chi connectivity index (χ4n) is 2.56. The average Bonchev–Trinajstić information content (AvgIpc) is 3.02. The third-order valence-electron chi connectivity index (χ3n) is 3.96. The van der Waals surface area contributed by atoms with Gasteiger partial charge in [-0.3, -0.25) is 0 Å². The van der Waals surface area contributed by atoms with Gasteiger partial charge >= 0.3 is 6.18 Å². The van der Waals surface area contributed by atoms with E-state index in [2.05, 4.69) is 21.0 Å². The molecule has 1 heterocycles. The van der Waals surface area contributed by atoms with Crippen LogP contribution in [0.1, 0.15) is 11.3 Å². The second kappa shape index (κ2) is 6.79. The van der Waals surface area contributed by atoms with Gasteiger partial charge in [-0.25, -0.2) is 13.1 Å². The van der Waals surface area contributed by atoms with Crippen LogP contribution in [0.25, 0.3) is 16.9 Å². The topological polar surface area (TPSA) is 52.0 Å². The van der Waals surface area contributed by atoms with E-state index < -0.39 is 21.7 Å². The van der Waals surface area contributed by atoms with E-state index in [-0.39, 0.29) is 10.6 Å². The van der Waals surface area contributed by atoms with Crippen molar-refractivity contribution in [2.75, 3.05) is 6.26 Å². The van der Waals surface area contributed by atoms with E-state index >= 15 is 0 Å². The van der Waals surface area contributed by atoms with Crippen LogP contribution in [-0.2, 0) is 16.0 Å². The van der Waals surface area contributed by atoms with E-state index in [0.717, 1.165) is 22.4 Å². The van der Waals surface area contributed by atoms with Gasteiger partial charge in [0, 0.05) is 16.3 Å². The van der Waals surface area contributed by atoms with E-state index in [1.165, 1.54) is 28.9 Å². The Hall–Kier alpha value is -2.13. The largest absolute Gasteiger partial charge is 0.435 e. The van der Waals surface area contributed by atoms with Crippen molar-refractivity contribution in [2.45, 2.75) is 18.0 Å². The van der Waals surface area contributed by atoms with Crippen LogP contribution in [0, 0.1) is 6.92 Å². The molecule has 27 heavy (non-hydrogen) atoms. The molecule has 3 rings (SSSR count). The fourth-order valence-corrected chi connectivity index (χ4v) is 3.43. The molecule has 0 atom stereocenters. The molecule has 0 aliphatic carbocycles.